The van der Waals surface area contributed by atoms with Crippen LogP contribution in [-0.4, -0.2) is 64.9 Å². The first-order valence-corrected chi connectivity index (χ1v) is 11.7. The number of nitrogens with one attached hydrogen (secondary N) is 3. The van der Waals surface area contributed by atoms with Gasteiger partial charge in [0.25, 0.3) is 5.91 Å². The van der Waals surface area contributed by atoms with Crippen LogP contribution in [-0.2, 0) is 11.3 Å². The summed E-state index contributed by atoms with van der Waals surface area (Å²) in [5.74, 6) is 0.293. The summed E-state index contributed by atoms with van der Waals surface area (Å²) in [6.45, 7) is 5.86. The highest BCUT2D eigenvalue weighted by atomic mass is 16.3. The van der Waals surface area contributed by atoms with Crippen LogP contribution in [0.2, 0.25) is 0 Å². The SMILES string of the molecule is CC[C@@H](C)[C@H](NC(=O)N1CCN(C(=O)c2cc3ccccc3[nH]2)CC1)C(=O)NCc1ccco1. The van der Waals surface area contributed by atoms with Crippen molar-refractivity contribution in [3.63, 3.8) is 0 Å². The van der Waals surface area contributed by atoms with E-state index in [2.05, 4.69) is 15.6 Å². The molecule has 2 atom stereocenters. The van der Waals surface area contributed by atoms with E-state index < -0.39 is 6.04 Å². The predicted molar refractivity (Wildman–Crippen MR) is 128 cm³/mol. The third-order valence-corrected chi connectivity index (χ3v) is 6.41. The molecule has 1 fully saturated rings. The largest absolute Gasteiger partial charge is 0.467 e. The fourth-order valence-electron chi connectivity index (χ4n) is 4.10. The Balaban J connectivity index is 1.31. The molecule has 180 valence electrons. The number of urea groups is 1. The molecular formula is C25H31N5O4. The van der Waals surface area contributed by atoms with Gasteiger partial charge in [-0.2, -0.15) is 0 Å². The van der Waals surface area contributed by atoms with E-state index in [-0.39, 0.29) is 30.3 Å². The van der Waals surface area contributed by atoms with Crippen LogP contribution >= 0.6 is 0 Å². The lowest BCUT2D eigenvalue weighted by molar-refractivity contribution is -0.124. The first kappa shape index (κ1) is 23.4. The van der Waals surface area contributed by atoms with E-state index >= 15 is 0 Å². The smallest absolute Gasteiger partial charge is 0.318 e. The van der Waals surface area contributed by atoms with Crippen molar-refractivity contribution in [3.8, 4) is 0 Å². The summed E-state index contributed by atoms with van der Waals surface area (Å²) >= 11 is 0. The van der Waals surface area contributed by atoms with E-state index in [1.165, 1.54) is 0 Å². The van der Waals surface area contributed by atoms with Crippen LogP contribution in [0.5, 0.6) is 0 Å². The van der Waals surface area contributed by atoms with Crippen molar-refractivity contribution in [1.82, 2.24) is 25.4 Å². The molecule has 0 unspecified atom stereocenters. The number of benzene rings is 1. The number of hydrogen-bond acceptors (Lipinski definition) is 4. The average Bonchev–Trinajstić information content (AvgIpc) is 3.54. The standard InChI is InChI=1S/C25H31N5O4/c1-3-17(2)22(23(31)26-16-19-8-6-14-34-19)28-25(33)30-12-10-29(11-13-30)24(32)21-15-18-7-4-5-9-20(18)27-21/h4-9,14-15,17,22,27H,3,10-13,16H2,1-2H3,(H,26,31)(H,28,33)/t17-,22+/m1/s1. The maximum Gasteiger partial charge on any atom is 0.318 e. The van der Waals surface area contributed by atoms with Gasteiger partial charge in [0.2, 0.25) is 5.91 Å². The number of para-hydroxylation sites is 1. The van der Waals surface area contributed by atoms with Crippen molar-refractivity contribution in [2.24, 2.45) is 5.92 Å². The number of aromatic amines is 1. The number of carbonyl (C=O) groups excluding carboxylic acids is 3. The number of aromatic nitrogens is 1. The number of nitrogens with zero attached hydrogens (tertiary/aromatic N) is 2. The van der Waals surface area contributed by atoms with Gasteiger partial charge in [-0.15, -0.1) is 0 Å². The summed E-state index contributed by atoms with van der Waals surface area (Å²) in [4.78, 5) is 45.2. The van der Waals surface area contributed by atoms with Gasteiger partial charge in [-0.1, -0.05) is 38.5 Å². The van der Waals surface area contributed by atoms with Gasteiger partial charge in [0.15, 0.2) is 0 Å². The van der Waals surface area contributed by atoms with Crippen LogP contribution in [0.15, 0.2) is 53.1 Å². The molecule has 0 saturated carbocycles. The van der Waals surface area contributed by atoms with E-state index in [0.717, 1.165) is 17.3 Å². The molecule has 1 aliphatic rings. The van der Waals surface area contributed by atoms with Crippen molar-refractivity contribution >= 4 is 28.7 Å². The molecule has 34 heavy (non-hydrogen) atoms. The van der Waals surface area contributed by atoms with E-state index in [4.69, 9.17) is 4.42 Å². The summed E-state index contributed by atoms with van der Waals surface area (Å²) in [5, 5.41) is 6.72. The molecule has 1 saturated heterocycles. The Bertz CT molecular complexity index is 1100. The Labute approximate surface area is 198 Å². The number of rotatable bonds is 7. The predicted octanol–water partition coefficient (Wildman–Crippen LogP) is 2.96. The molecule has 4 amide bonds. The quantitative estimate of drug-likeness (QED) is 0.498. The van der Waals surface area contributed by atoms with Crippen LogP contribution in [0, 0.1) is 5.92 Å². The summed E-state index contributed by atoms with van der Waals surface area (Å²) in [7, 11) is 0. The lowest BCUT2D eigenvalue weighted by Gasteiger charge is -2.35. The minimum Gasteiger partial charge on any atom is -0.467 e. The Hall–Kier alpha value is -3.75. The Kier molecular flexibility index (Phi) is 7.20. The lowest BCUT2D eigenvalue weighted by atomic mass is 9.98. The molecule has 3 aromatic rings. The second-order valence-electron chi connectivity index (χ2n) is 8.66. The molecule has 2 aromatic heterocycles. The highest BCUT2D eigenvalue weighted by molar-refractivity contribution is 5.98. The number of hydrogen-bond donors (Lipinski definition) is 3. The molecule has 4 rings (SSSR count). The monoisotopic (exact) mass is 465 g/mol. The fourth-order valence-corrected chi connectivity index (χ4v) is 4.10. The van der Waals surface area contributed by atoms with Crippen LogP contribution < -0.4 is 10.6 Å². The second kappa shape index (κ2) is 10.5. The Morgan fingerprint density at radius 2 is 1.79 bits per heavy atom. The topological polar surface area (TPSA) is 111 Å². The van der Waals surface area contributed by atoms with Crippen LogP contribution in [0.1, 0.15) is 36.5 Å². The number of furan rings is 1. The molecule has 0 spiro atoms. The molecule has 1 aliphatic heterocycles. The lowest BCUT2D eigenvalue weighted by Crippen LogP contribution is -2.57. The molecule has 3 heterocycles. The maximum atomic E-state index is 12.9. The zero-order chi connectivity index (χ0) is 24.1. The minimum atomic E-state index is -0.654. The summed E-state index contributed by atoms with van der Waals surface area (Å²) in [5.41, 5.74) is 1.47. The summed E-state index contributed by atoms with van der Waals surface area (Å²) < 4.78 is 5.26. The van der Waals surface area contributed by atoms with Gasteiger partial charge in [0, 0.05) is 37.1 Å². The number of amides is 4. The minimum absolute atomic E-state index is 0.0366. The van der Waals surface area contributed by atoms with Gasteiger partial charge >= 0.3 is 6.03 Å². The Morgan fingerprint density at radius 3 is 2.47 bits per heavy atom. The number of carbonyl (C=O) groups is 3. The van der Waals surface area contributed by atoms with Crippen molar-refractivity contribution in [2.75, 3.05) is 26.2 Å². The summed E-state index contributed by atoms with van der Waals surface area (Å²) in [6.07, 6.45) is 2.30. The van der Waals surface area contributed by atoms with Gasteiger partial charge in [-0.3, -0.25) is 9.59 Å². The first-order valence-electron chi connectivity index (χ1n) is 11.7. The first-order chi connectivity index (χ1) is 16.5. The van der Waals surface area contributed by atoms with Gasteiger partial charge in [-0.05, 0) is 30.2 Å². The maximum absolute atomic E-state index is 12.9. The molecule has 3 N–H and O–H groups in total. The zero-order valence-electron chi connectivity index (χ0n) is 19.5. The van der Waals surface area contributed by atoms with Crippen molar-refractivity contribution in [3.05, 3.63) is 60.2 Å². The van der Waals surface area contributed by atoms with Crippen LogP contribution in [0.3, 0.4) is 0 Å². The molecular weight excluding hydrogens is 434 g/mol. The van der Waals surface area contributed by atoms with Crippen molar-refractivity contribution in [2.45, 2.75) is 32.9 Å². The molecule has 9 heteroatoms. The van der Waals surface area contributed by atoms with E-state index in [0.29, 0.717) is 37.6 Å². The third-order valence-electron chi connectivity index (χ3n) is 6.41. The molecule has 0 bridgehead atoms. The van der Waals surface area contributed by atoms with Crippen molar-refractivity contribution < 1.29 is 18.8 Å². The van der Waals surface area contributed by atoms with Gasteiger partial charge in [0.05, 0.1) is 12.8 Å². The van der Waals surface area contributed by atoms with Crippen LogP contribution in [0.25, 0.3) is 10.9 Å². The molecule has 1 aromatic carbocycles. The molecule has 0 aliphatic carbocycles. The number of fused-ring (bicyclic) bond motifs is 1. The van der Waals surface area contributed by atoms with E-state index in [9.17, 15) is 14.4 Å². The summed E-state index contributed by atoms with van der Waals surface area (Å²) in [6, 6.07) is 12.2. The zero-order valence-corrected chi connectivity index (χ0v) is 19.5. The van der Waals surface area contributed by atoms with Gasteiger partial charge in [0.1, 0.15) is 17.5 Å². The highest BCUT2D eigenvalue weighted by Gasteiger charge is 2.30. The van der Waals surface area contributed by atoms with Crippen LogP contribution in [0.4, 0.5) is 4.79 Å². The van der Waals surface area contributed by atoms with E-state index in [1.807, 2.05) is 44.2 Å². The Morgan fingerprint density at radius 1 is 1.06 bits per heavy atom. The third kappa shape index (κ3) is 5.24. The molecule has 0 radical (unpaired) electrons. The number of piperazine rings is 1. The second-order valence-corrected chi connectivity index (χ2v) is 8.66. The fraction of sp³-hybridized carbons (Fsp3) is 0.400. The normalized spacial score (nSPS) is 15.7. The van der Waals surface area contributed by atoms with Crippen molar-refractivity contribution in [1.29, 1.82) is 0 Å². The van der Waals surface area contributed by atoms with Gasteiger partial charge < -0.3 is 29.8 Å². The molecule has 9 nitrogen and oxygen atoms in total. The highest BCUT2D eigenvalue weighted by Crippen LogP contribution is 2.17. The number of H-pyrrole nitrogens is 1. The van der Waals surface area contributed by atoms with Gasteiger partial charge in [-0.25, -0.2) is 4.79 Å². The average molecular weight is 466 g/mol. The van der Waals surface area contributed by atoms with E-state index in [1.54, 1.807) is 28.2 Å².